The Hall–Kier alpha value is -3.60. The first-order valence-corrected chi connectivity index (χ1v) is 16.0. The summed E-state index contributed by atoms with van der Waals surface area (Å²) in [6.07, 6.45) is 6.83. The molecule has 44 heavy (non-hydrogen) atoms. The molecule has 1 saturated carbocycles. The van der Waals surface area contributed by atoms with Crippen molar-refractivity contribution in [3.63, 3.8) is 0 Å². The van der Waals surface area contributed by atoms with Gasteiger partial charge >= 0.3 is 0 Å². The summed E-state index contributed by atoms with van der Waals surface area (Å²) in [7, 11) is 2.06. The van der Waals surface area contributed by atoms with Gasteiger partial charge in [-0.15, -0.1) is 0 Å². The van der Waals surface area contributed by atoms with Gasteiger partial charge in [0.1, 0.15) is 17.6 Å². The summed E-state index contributed by atoms with van der Waals surface area (Å²) in [6, 6.07) is 5.37. The van der Waals surface area contributed by atoms with Crippen LogP contribution in [0, 0.1) is 23.1 Å². The zero-order chi connectivity index (χ0) is 31.4. The molecule has 2 N–H and O–H groups in total. The van der Waals surface area contributed by atoms with Crippen LogP contribution in [0.15, 0.2) is 30.5 Å². The number of anilines is 1. The third-order valence-electron chi connectivity index (χ3n) is 9.52. The zero-order valence-corrected chi connectivity index (χ0v) is 26.1. The van der Waals surface area contributed by atoms with E-state index in [1.165, 1.54) is 12.1 Å². The molecule has 10 nitrogen and oxygen atoms in total. The highest BCUT2D eigenvalue weighted by molar-refractivity contribution is 6.00. The predicted octanol–water partition coefficient (Wildman–Crippen LogP) is 3.66. The van der Waals surface area contributed by atoms with E-state index in [1.807, 2.05) is 6.92 Å². The van der Waals surface area contributed by atoms with Crippen molar-refractivity contribution in [3.8, 4) is 0 Å². The predicted molar refractivity (Wildman–Crippen MR) is 164 cm³/mol. The van der Waals surface area contributed by atoms with Gasteiger partial charge in [-0.25, -0.2) is 4.39 Å². The lowest BCUT2D eigenvalue weighted by Crippen LogP contribution is -2.73. The molecule has 2 aromatic rings. The quantitative estimate of drug-likeness (QED) is 0.356. The molecule has 238 valence electrons. The molecule has 1 aromatic heterocycles. The molecule has 0 unspecified atom stereocenters. The molecule has 3 aliphatic rings. The van der Waals surface area contributed by atoms with Crippen LogP contribution < -0.4 is 10.6 Å². The van der Waals surface area contributed by atoms with Gasteiger partial charge in [0.15, 0.2) is 5.78 Å². The molecule has 0 bridgehead atoms. The number of aryl methyl sites for hydroxylation is 1. The zero-order valence-electron chi connectivity index (χ0n) is 26.1. The molecular weight excluding hydrogens is 563 g/mol. The fourth-order valence-corrected chi connectivity index (χ4v) is 7.32. The average Bonchev–Trinajstić information content (AvgIpc) is 3.47. The summed E-state index contributed by atoms with van der Waals surface area (Å²) in [5.41, 5.74) is 1.21. The van der Waals surface area contributed by atoms with Gasteiger partial charge in [0.25, 0.3) is 0 Å². The van der Waals surface area contributed by atoms with Crippen LogP contribution in [0.5, 0.6) is 0 Å². The summed E-state index contributed by atoms with van der Waals surface area (Å²) in [5, 5.41) is 9.77. The Morgan fingerprint density at radius 2 is 1.77 bits per heavy atom. The van der Waals surface area contributed by atoms with Crippen LogP contribution in [-0.4, -0.2) is 82.4 Å². The topological polar surface area (TPSA) is 117 Å². The maximum atomic E-state index is 15.4. The van der Waals surface area contributed by atoms with Crippen LogP contribution in [-0.2, 0) is 27.3 Å². The monoisotopic (exact) mass is 608 g/mol. The molecule has 2 aliphatic heterocycles. The van der Waals surface area contributed by atoms with E-state index in [2.05, 4.69) is 27.7 Å². The van der Waals surface area contributed by atoms with Crippen LogP contribution in [0.4, 0.5) is 10.1 Å². The fourth-order valence-electron chi connectivity index (χ4n) is 7.32. The van der Waals surface area contributed by atoms with Crippen molar-refractivity contribution in [1.29, 1.82) is 0 Å². The highest BCUT2D eigenvalue weighted by atomic mass is 19.1. The van der Waals surface area contributed by atoms with Gasteiger partial charge in [0.2, 0.25) is 17.7 Å². The third kappa shape index (κ3) is 7.03. The van der Waals surface area contributed by atoms with Gasteiger partial charge in [-0.1, -0.05) is 32.3 Å². The van der Waals surface area contributed by atoms with Crippen molar-refractivity contribution in [2.75, 3.05) is 38.5 Å². The number of likely N-dealkylation sites (tertiary alicyclic amines) is 2. The molecule has 1 aliphatic carbocycles. The van der Waals surface area contributed by atoms with Crippen molar-refractivity contribution in [1.82, 2.24) is 24.9 Å². The Labute approximate surface area is 258 Å². The number of Topliss-reactive ketones (excluding diaryl/α,β-unsaturated/α-hetero) is 1. The number of hydrogen-bond donors (Lipinski definition) is 2. The standard InChI is InChI=1S/C33H45FN6O4/c1-4-30(42)36-27(32(44)39-20-33(21-39)18-38(3)19-33)16-22-11-12-26(25(34)15-22)37-31(43)24(23-9-7-6-8-10-23)17-29(41)28-13-14-35-40(28)5-2/h11-15,23-24,27H,4-10,16-21H2,1-3H3,(H,36,42)(H,37,43)/t24-,27+/m0/s1. The van der Waals surface area contributed by atoms with Crippen molar-refractivity contribution in [2.45, 2.75) is 77.8 Å². The number of nitrogens with zero attached hydrogens (tertiary/aromatic N) is 4. The smallest absolute Gasteiger partial charge is 0.245 e. The summed E-state index contributed by atoms with van der Waals surface area (Å²) >= 11 is 0. The van der Waals surface area contributed by atoms with E-state index in [0.717, 1.165) is 45.2 Å². The van der Waals surface area contributed by atoms with Crippen molar-refractivity contribution in [2.24, 2.45) is 17.3 Å². The molecule has 5 rings (SSSR count). The lowest BCUT2D eigenvalue weighted by molar-refractivity contribution is -0.159. The Morgan fingerprint density at radius 1 is 1.05 bits per heavy atom. The maximum absolute atomic E-state index is 15.4. The number of aromatic nitrogens is 2. The van der Waals surface area contributed by atoms with E-state index in [0.29, 0.717) is 30.9 Å². The minimum absolute atomic E-state index is 0.0323. The van der Waals surface area contributed by atoms with Crippen LogP contribution >= 0.6 is 0 Å². The van der Waals surface area contributed by atoms with Gasteiger partial charge in [-0.2, -0.15) is 5.10 Å². The van der Waals surface area contributed by atoms with Gasteiger partial charge in [-0.05, 0) is 56.5 Å². The number of ketones is 1. The molecule has 3 amide bonds. The van der Waals surface area contributed by atoms with Crippen LogP contribution in [0.2, 0.25) is 0 Å². The SMILES string of the molecule is CCC(=O)N[C@H](Cc1ccc(NC(=O)[C@@H](CC(=O)c2ccnn2CC)C2CCCCC2)c(F)c1)C(=O)N1CC2(CN(C)C2)C1. The molecule has 1 spiro atoms. The Balaban J connectivity index is 1.26. The first-order valence-electron chi connectivity index (χ1n) is 16.0. The number of rotatable bonds is 12. The number of hydrogen-bond acceptors (Lipinski definition) is 6. The first kappa shape index (κ1) is 31.8. The largest absolute Gasteiger partial charge is 0.344 e. The summed E-state index contributed by atoms with van der Waals surface area (Å²) < 4.78 is 17.1. The summed E-state index contributed by atoms with van der Waals surface area (Å²) in [6.45, 7) is 7.44. The van der Waals surface area contributed by atoms with Gasteiger partial charge in [0.05, 0.1) is 5.69 Å². The number of nitrogens with one attached hydrogen (secondary N) is 2. The number of carbonyl (C=O) groups is 4. The Kier molecular flexibility index (Phi) is 9.82. The lowest BCUT2D eigenvalue weighted by atomic mass is 9.73. The van der Waals surface area contributed by atoms with Gasteiger partial charge in [0, 0.05) is 69.5 Å². The highest BCUT2D eigenvalue weighted by Crippen LogP contribution is 2.39. The van der Waals surface area contributed by atoms with E-state index in [4.69, 9.17) is 0 Å². The molecule has 1 aromatic carbocycles. The normalized spacial score (nSPS) is 19.5. The number of benzene rings is 1. The minimum atomic E-state index is -0.796. The van der Waals surface area contributed by atoms with E-state index in [1.54, 1.807) is 34.8 Å². The third-order valence-corrected chi connectivity index (χ3v) is 9.52. The second-order valence-electron chi connectivity index (χ2n) is 13.0. The van der Waals surface area contributed by atoms with Crippen LogP contribution in [0.3, 0.4) is 0 Å². The molecule has 11 heteroatoms. The number of amides is 3. The maximum Gasteiger partial charge on any atom is 0.245 e. The van der Waals surface area contributed by atoms with E-state index in [9.17, 15) is 19.2 Å². The molecular formula is C33H45FN6O4. The summed E-state index contributed by atoms with van der Waals surface area (Å²) in [5.74, 6) is -2.07. The molecule has 2 saturated heterocycles. The van der Waals surface area contributed by atoms with Crippen molar-refractivity contribution < 1.29 is 23.6 Å². The second kappa shape index (κ2) is 13.6. The van der Waals surface area contributed by atoms with E-state index >= 15 is 4.39 Å². The van der Waals surface area contributed by atoms with Crippen molar-refractivity contribution in [3.05, 3.63) is 47.5 Å². The van der Waals surface area contributed by atoms with E-state index < -0.39 is 17.8 Å². The van der Waals surface area contributed by atoms with Crippen molar-refractivity contribution >= 4 is 29.2 Å². The van der Waals surface area contributed by atoms with E-state index in [-0.39, 0.29) is 59.8 Å². The fraction of sp³-hybridized carbons (Fsp3) is 0.606. The number of halogens is 1. The molecule has 3 fully saturated rings. The van der Waals surface area contributed by atoms with Crippen LogP contribution in [0.1, 0.15) is 74.8 Å². The lowest BCUT2D eigenvalue weighted by Gasteiger charge is -2.59. The highest BCUT2D eigenvalue weighted by Gasteiger charge is 2.52. The molecule has 3 heterocycles. The number of carbonyl (C=O) groups excluding carboxylic acids is 4. The Morgan fingerprint density at radius 3 is 2.41 bits per heavy atom. The molecule has 2 atom stereocenters. The minimum Gasteiger partial charge on any atom is -0.344 e. The average molecular weight is 609 g/mol. The summed E-state index contributed by atoms with van der Waals surface area (Å²) in [4.78, 5) is 56.4. The Bertz CT molecular complexity index is 1370. The van der Waals surface area contributed by atoms with Gasteiger partial charge in [-0.3, -0.25) is 23.9 Å². The molecule has 0 radical (unpaired) electrons. The first-order chi connectivity index (χ1) is 21.1. The van der Waals surface area contributed by atoms with Crippen LogP contribution in [0.25, 0.3) is 0 Å². The van der Waals surface area contributed by atoms with Gasteiger partial charge < -0.3 is 20.4 Å². The second-order valence-corrected chi connectivity index (χ2v) is 13.0.